The third-order valence-electron chi connectivity index (χ3n) is 2.41. The first kappa shape index (κ1) is 17.3. The van der Waals surface area contributed by atoms with Crippen LogP contribution < -0.4 is 15.5 Å². The summed E-state index contributed by atoms with van der Waals surface area (Å²) in [5.74, 6) is 0.0637. The van der Waals surface area contributed by atoms with Gasteiger partial charge in [0.2, 0.25) is 0 Å². The van der Waals surface area contributed by atoms with Crippen LogP contribution in [0.5, 0.6) is 5.75 Å². The van der Waals surface area contributed by atoms with Crippen LogP contribution in [0.1, 0.15) is 12.5 Å². The number of hydrogen-bond donors (Lipinski definition) is 2. The van der Waals surface area contributed by atoms with Gasteiger partial charge in [-0.05, 0) is 31.3 Å². The number of nitrogens with zero attached hydrogens (tertiary/aromatic N) is 1. The quantitative estimate of drug-likeness (QED) is 0.349. The molecule has 0 aliphatic rings. The van der Waals surface area contributed by atoms with Crippen molar-refractivity contribution in [3.05, 3.63) is 29.8 Å². The number of methoxy groups -OCH3 is 1. The maximum atomic E-state index is 12.3. The lowest BCUT2D eigenvalue weighted by Crippen LogP contribution is -2.34. The number of thiocarbonyl (C=S) groups is 1. The third-order valence-corrected chi connectivity index (χ3v) is 2.65. The van der Waals surface area contributed by atoms with Gasteiger partial charge in [0, 0.05) is 19.2 Å². The monoisotopic (exact) mass is 317 g/mol. The molecule has 0 aromatic heterocycles. The fraction of sp³-hybridized carbons (Fsp3) is 0.385. The Morgan fingerprint density at radius 3 is 2.76 bits per heavy atom. The number of ether oxygens (including phenoxy) is 2. The van der Waals surface area contributed by atoms with E-state index in [1.54, 1.807) is 32.2 Å². The maximum Gasteiger partial charge on any atom is 0.387 e. The van der Waals surface area contributed by atoms with Crippen LogP contribution in [0.15, 0.2) is 29.4 Å². The molecule has 0 aliphatic heterocycles. The molecule has 0 bridgehead atoms. The normalized spacial score (nSPS) is 11.4. The second-order valence-electron chi connectivity index (χ2n) is 3.93. The second kappa shape index (κ2) is 9.19. The van der Waals surface area contributed by atoms with Gasteiger partial charge in [-0.1, -0.05) is 12.1 Å². The van der Waals surface area contributed by atoms with Crippen molar-refractivity contribution in [3.63, 3.8) is 0 Å². The smallest absolute Gasteiger partial charge is 0.387 e. The van der Waals surface area contributed by atoms with Crippen molar-refractivity contribution in [2.24, 2.45) is 5.10 Å². The first-order chi connectivity index (χ1) is 10.0. The zero-order valence-corrected chi connectivity index (χ0v) is 12.5. The molecule has 0 radical (unpaired) electrons. The van der Waals surface area contributed by atoms with E-state index in [1.165, 1.54) is 6.07 Å². The lowest BCUT2D eigenvalue weighted by molar-refractivity contribution is -0.0499. The molecule has 0 fully saturated rings. The van der Waals surface area contributed by atoms with Gasteiger partial charge < -0.3 is 14.8 Å². The van der Waals surface area contributed by atoms with E-state index >= 15 is 0 Å². The molecule has 0 saturated heterocycles. The zero-order valence-electron chi connectivity index (χ0n) is 11.7. The molecule has 0 spiro atoms. The van der Waals surface area contributed by atoms with Crippen LogP contribution in [0.2, 0.25) is 0 Å². The Labute approximate surface area is 127 Å². The molecule has 1 aromatic carbocycles. The number of nitrogens with one attached hydrogen (secondary N) is 2. The van der Waals surface area contributed by atoms with Crippen LogP contribution in [0.4, 0.5) is 8.78 Å². The molecule has 1 aromatic rings. The molecule has 0 saturated carbocycles. The summed E-state index contributed by atoms with van der Waals surface area (Å²) in [6.07, 6.45) is 0. The van der Waals surface area contributed by atoms with Gasteiger partial charge in [-0.2, -0.15) is 13.9 Å². The number of para-hydroxylation sites is 1. The van der Waals surface area contributed by atoms with Crippen LogP contribution >= 0.6 is 12.2 Å². The molecule has 8 heteroatoms. The molecule has 5 nitrogen and oxygen atoms in total. The van der Waals surface area contributed by atoms with Crippen molar-refractivity contribution in [1.82, 2.24) is 10.7 Å². The molecule has 116 valence electrons. The zero-order chi connectivity index (χ0) is 15.7. The standard InChI is InChI=1S/C13H17F2N3O2S/c1-9(17-18-13(21)16-7-8-19-2)10-5-3-4-6-11(10)20-12(14)15/h3-6,12H,7-8H2,1-2H3,(H2,16,18,21). The minimum absolute atomic E-state index is 0.0637. The van der Waals surface area contributed by atoms with Crippen molar-refractivity contribution >= 4 is 23.0 Å². The number of hydrogen-bond acceptors (Lipinski definition) is 4. The van der Waals surface area contributed by atoms with Crippen molar-refractivity contribution in [1.29, 1.82) is 0 Å². The van der Waals surface area contributed by atoms with Crippen molar-refractivity contribution < 1.29 is 18.3 Å². The SMILES string of the molecule is COCCNC(=S)NN=C(C)c1ccccc1OC(F)F. The summed E-state index contributed by atoms with van der Waals surface area (Å²) in [6.45, 7) is -0.167. The van der Waals surface area contributed by atoms with Crippen LogP contribution in [-0.2, 0) is 4.74 Å². The Bertz CT molecular complexity index is 498. The Hall–Kier alpha value is -1.80. The van der Waals surface area contributed by atoms with Crippen LogP contribution in [0.25, 0.3) is 0 Å². The van der Waals surface area contributed by atoms with E-state index in [0.717, 1.165) is 0 Å². The van der Waals surface area contributed by atoms with E-state index in [-0.39, 0.29) is 5.75 Å². The summed E-state index contributed by atoms with van der Waals surface area (Å²) in [7, 11) is 1.58. The maximum absolute atomic E-state index is 12.3. The van der Waals surface area contributed by atoms with Crippen LogP contribution in [-0.4, -0.2) is 37.7 Å². The minimum atomic E-state index is -2.89. The summed E-state index contributed by atoms with van der Waals surface area (Å²) < 4.78 is 34.0. The van der Waals surface area contributed by atoms with Crippen LogP contribution in [0.3, 0.4) is 0 Å². The van der Waals surface area contributed by atoms with Gasteiger partial charge in [0.05, 0.1) is 12.3 Å². The number of halogens is 2. The number of rotatable bonds is 7. The molecule has 0 atom stereocenters. The van der Waals surface area contributed by atoms with E-state index < -0.39 is 6.61 Å². The lowest BCUT2D eigenvalue weighted by atomic mass is 10.1. The van der Waals surface area contributed by atoms with Gasteiger partial charge >= 0.3 is 6.61 Å². The third kappa shape index (κ3) is 6.46. The first-order valence-electron chi connectivity index (χ1n) is 6.16. The van der Waals surface area contributed by atoms with Gasteiger partial charge in [0.15, 0.2) is 5.11 Å². The van der Waals surface area contributed by atoms with E-state index in [2.05, 4.69) is 20.6 Å². The van der Waals surface area contributed by atoms with Gasteiger partial charge in [0.1, 0.15) is 5.75 Å². The first-order valence-corrected chi connectivity index (χ1v) is 6.56. The molecular formula is C13H17F2N3O2S. The summed E-state index contributed by atoms with van der Waals surface area (Å²) in [5, 5.41) is 7.23. The summed E-state index contributed by atoms with van der Waals surface area (Å²) >= 11 is 5.00. The Kier molecular flexibility index (Phi) is 7.55. The summed E-state index contributed by atoms with van der Waals surface area (Å²) in [4.78, 5) is 0. The van der Waals surface area contributed by atoms with Crippen molar-refractivity contribution in [3.8, 4) is 5.75 Å². The fourth-order valence-corrected chi connectivity index (χ4v) is 1.61. The summed E-state index contributed by atoms with van der Waals surface area (Å²) in [5.41, 5.74) is 3.57. The highest BCUT2D eigenvalue weighted by molar-refractivity contribution is 7.80. The van der Waals surface area contributed by atoms with Crippen molar-refractivity contribution in [2.75, 3.05) is 20.3 Å². The highest BCUT2D eigenvalue weighted by Gasteiger charge is 2.11. The Morgan fingerprint density at radius 1 is 1.38 bits per heavy atom. The average Bonchev–Trinajstić information content (AvgIpc) is 2.45. The Balaban J connectivity index is 2.67. The number of alkyl halides is 2. The Morgan fingerprint density at radius 2 is 2.10 bits per heavy atom. The predicted octanol–water partition coefficient (Wildman–Crippen LogP) is 2.12. The molecule has 0 amide bonds. The topological polar surface area (TPSA) is 54.9 Å². The van der Waals surface area contributed by atoms with Gasteiger partial charge in [-0.15, -0.1) is 0 Å². The second-order valence-corrected chi connectivity index (χ2v) is 4.34. The lowest BCUT2D eigenvalue weighted by Gasteiger charge is -2.11. The molecule has 0 unspecified atom stereocenters. The molecule has 0 heterocycles. The van der Waals surface area contributed by atoms with Gasteiger partial charge in [0.25, 0.3) is 0 Å². The van der Waals surface area contributed by atoms with Crippen molar-refractivity contribution in [2.45, 2.75) is 13.5 Å². The predicted molar refractivity (Wildman–Crippen MR) is 80.9 cm³/mol. The largest absolute Gasteiger partial charge is 0.434 e. The average molecular weight is 317 g/mol. The molecule has 1 rings (SSSR count). The highest BCUT2D eigenvalue weighted by Crippen LogP contribution is 2.20. The fourth-order valence-electron chi connectivity index (χ4n) is 1.47. The molecule has 2 N–H and O–H groups in total. The minimum Gasteiger partial charge on any atom is -0.434 e. The van der Waals surface area contributed by atoms with E-state index in [1.807, 2.05) is 0 Å². The van der Waals surface area contributed by atoms with Gasteiger partial charge in [-0.25, -0.2) is 0 Å². The number of hydrazone groups is 1. The molecular weight excluding hydrogens is 300 g/mol. The molecule has 0 aliphatic carbocycles. The number of benzene rings is 1. The van der Waals surface area contributed by atoms with Crippen LogP contribution in [0, 0.1) is 0 Å². The van der Waals surface area contributed by atoms with E-state index in [0.29, 0.717) is 29.5 Å². The molecule has 21 heavy (non-hydrogen) atoms. The van der Waals surface area contributed by atoms with Gasteiger partial charge in [-0.3, -0.25) is 5.43 Å². The van der Waals surface area contributed by atoms with E-state index in [9.17, 15) is 8.78 Å². The van der Waals surface area contributed by atoms with E-state index in [4.69, 9.17) is 17.0 Å². The summed E-state index contributed by atoms with van der Waals surface area (Å²) in [6, 6.07) is 6.41. The highest BCUT2D eigenvalue weighted by atomic mass is 32.1.